The van der Waals surface area contributed by atoms with Gasteiger partial charge in [-0.25, -0.2) is 9.67 Å². The zero-order chi connectivity index (χ0) is 23.5. The highest BCUT2D eigenvalue weighted by molar-refractivity contribution is 5.95. The number of hydrogen-bond donors (Lipinski definition) is 0. The molecule has 0 spiro atoms. The number of carbonyl (C=O) groups excluding carboxylic acids is 1. The first-order valence-corrected chi connectivity index (χ1v) is 11.6. The Labute approximate surface area is 199 Å². The molecule has 1 amide bonds. The largest absolute Gasteiger partial charge is 0.497 e. The molecule has 0 atom stereocenters. The molecule has 1 fully saturated rings. The molecule has 0 aliphatic carbocycles. The lowest BCUT2D eigenvalue weighted by atomic mass is 10.0. The summed E-state index contributed by atoms with van der Waals surface area (Å²) in [5.41, 5.74) is 5.07. The number of rotatable bonds is 6. The van der Waals surface area contributed by atoms with Crippen LogP contribution in [0.2, 0.25) is 0 Å². The standard InChI is InChI=1S/C27H29N5O2/c1-20-26-24(22-8-4-3-5-9-22)11-12-28-27(26)32(29-20)19-25(33)31-15-13-30(14-16-31)18-21-7-6-10-23(17-21)34-2/h3-12,17H,13-16,18-19H2,1-2H3. The fourth-order valence-electron chi connectivity index (χ4n) is 4.66. The fraction of sp³-hybridized carbons (Fsp3) is 0.296. The van der Waals surface area contributed by atoms with E-state index in [9.17, 15) is 4.79 Å². The molecule has 2 aromatic heterocycles. The maximum atomic E-state index is 13.1. The second kappa shape index (κ2) is 9.65. The Hall–Kier alpha value is -3.71. The van der Waals surface area contributed by atoms with Crippen molar-refractivity contribution in [1.29, 1.82) is 0 Å². The van der Waals surface area contributed by atoms with E-state index < -0.39 is 0 Å². The summed E-state index contributed by atoms with van der Waals surface area (Å²) in [5, 5.41) is 5.69. The number of methoxy groups -OCH3 is 1. The second-order valence-corrected chi connectivity index (χ2v) is 8.67. The molecule has 0 radical (unpaired) electrons. The van der Waals surface area contributed by atoms with Crippen LogP contribution in [0, 0.1) is 6.92 Å². The highest BCUT2D eigenvalue weighted by atomic mass is 16.5. The van der Waals surface area contributed by atoms with Crippen LogP contribution in [0.1, 0.15) is 11.3 Å². The van der Waals surface area contributed by atoms with Crippen molar-refractivity contribution in [2.45, 2.75) is 20.0 Å². The Morgan fingerprint density at radius 2 is 1.79 bits per heavy atom. The van der Waals surface area contributed by atoms with E-state index >= 15 is 0 Å². The average Bonchev–Trinajstić information content (AvgIpc) is 3.20. The minimum atomic E-state index is 0.0809. The predicted molar refractivity (Wildman–Crippen MR) is 133 cm³/mol. The van der Waals surface area contributed by atoms with Crippen molar-refractivity contribution >= 4 is 16.9 Å². The highest BCUT2D eigenvalue weighted by Crippen LogP contribution is 2.29. The van der Waals surface area contributed by atoms with Crippen LogP contribution in [0.5, 0.6) is 5.75 Å². The molecule has 5 rings (SSSR count). The smallest absolute Gasteiger partial charge is 0.244 e. The summed E-state index contributed by atoms with van der Waals surface area (Å²) in [7, 11) is 1.69. The molecule has 3 heterocycles. The van der Waals surface area contributed by atoms with Crippen molar-refractivity contribution < 1.29 is 9.53 Å². The number of nitrogens with zero attached hydrogens (tertiary/aromatic N) is 5. The van der Waals surface area contributed by atoms with E-state index in [1.165, 1.54) is 5.56 Å². The summed E-state index contributed by atoms with van der Waals surface area (Å²) >= 11 is 0. The van der Waals surface area contributed by atoms with Gasteiger partial charge in [0.25, 0.3) is 0 Å². The van der Waals surface area contributed by atoms with Gasteiger partial charge >= 0.3 is 0 Å². The van der Waals surface area contributed by atoms with E-state index in [0.717, 1.165) is 53.2 Å². The normalized spacial score (nSPS) is 14.5. The summed E-state index contributed by atoms with van der Waals surface area (Å²) in [6.45, 7) is 6.15. The van der Waals surface area contributed by atoms with Crippen LogP contribution in [0.15, 0.2) is 66.9 Å². The molecule has 0 bridgehead atoms. The van der Waals surface area contributed by atoms with Gasteiger partial charge < -0.3 is 9.64 Å². The van der Waals surface area contributed by atoms with Crippen LogP contribution in [-0.2, 0) is 17.9 Å². The molecule has 1 aliphatic rings. The van der Waals surface area contributed by atoms with Crippen LogP contribution in [0.3, 0.4) is 0 Å². The van der Waals surface area contributed by atoms with E-state index in [0.29, 0.717) is 13.1 Å². The summed E-state index contributed by atoms with van der Waals surface area (Å²) < 4.78 is 7.08. The fourth-order valence-corrected chi connectivity index (χ4v) is 4.66. The van der Waals surface area contributed by atoms with Crippen molar-refractivity contribution in [3.63, 3.8) is 0 Å². The lowest BCUT2D eigenvalue weighted by Gasteiger charge is -2.34. The topological polar surface area (TPSA) is 63.5 Å². The molecule has 34 heavy (non-hydrogen) atoms. The number of hydrogen-bond acceptors (Lipinski definition) is 5. The molecule has 0 unspecified atom stereocenters. The van der Waals surface area contributed by atoms with Crippen LogP contribution < -0.4 is 4.74 Å². The third-order valence-corrected chi connectivity index (χ3v) is 6.44. The van der Waals surface area contributed by atoms with Crippen molar-refractivity contribution in [1.82, 2.24) is 24.6 Å². The molecule has 1 aliphatic heterocycles. The van der Waals surface area contributed by atoms with Gasteiger partial charge in [-0.3, -0.25) is 9.69 Å². The monoisotopic (exact) mass is 455 g/mol. The van der Waals surface area contributed by atoms with Crippen LogP contribution in [-0.4, -0.2) is 63.8 Å². The summed E-state index contributed by atoms with van der Waals surface area (Å²) in [6, 6.07) is 20.4. The van der Waals surface area contributed by atoms with Gasteiger partial charge in [0.2, 0.25) is 5.91 Å². The molecular weight excluding hydrogens is 426 g/mol. The number of aryl methyl sites for hydroxylation is 1. The maximum Gasteiger partial charge on any atom is 0.244 e. The van der Waals surface area contributed by atoms with Gasteiger partial charge in [-0.1, -0.05) is 42.5 Å². The van der Waals surface area contributed by atoms with Gasteiger partial charge in [0.1, 0.15) is 12.3 Å². The molecule has 0 saturated carbocycles. The third kappa shape index (κ3) is 4.52. The number of amides is 1. The number of pyridine rings is 1. The zero-order valence-electron chi connectivity index (χ0n) is 19.6. The van der Waals surface area contributed by atoms with Crippen molar-refractivity contribution in [3.8, 4) is 16.9 Å². The summed E-state index contributed by atoms with van der Waals surface area (Å²) in [6.07, 6.45) is 1.80. The van der Waals surface area contributed by atoms with E-state index in [2.05, 4.69) is 39.2 Å². The Kier molecular flexibility index (Phi) is 6.27. The van der Waals surface area contributed by atoms with Crippen LogP contribution in [0.4, 0.5) is 0 Å². The lowest BCUT2D eigenvalue weighted by Crippen LogP contribution is -2.49. The van der Waals surface area contributed by atoms with E-state index in [1.54, 1.807) is 18.0 Å². The van der Waals surface area contributed by atoms with Gasteiger partial charge in [-0.05, 0) is 41.8 Å². The van der Waals surface area contributed by atoms with Crippen LogP contribution >= 0.6 is 0 Å². The van der Waals surface area contributed by atoms with E-state index in [1.807, 2.05) is 48.2 Å². The van der Waals surface area contributed by atoms with Gasteiger partial charge in [0.05, 0.1) is 12.8 Å². The van der Waals surface area contributed by atoms with Gasteiger partial charge in [-0.15, -0.1) is 0 Å². The molecule has 7 heteroatoms. The minimum Gasteiger partial charge on any atom is -0.497 e. The number of carbonyl (C=O) groups is 1. The average molecular weight is 456 g/mol. The number of benzene rings is 2. The first kappa shape index (κ1) is 22.1. The summed E-state index contributed by atoms with van der Waals surface area (Å²) in [5.74, 6) is 0.953. The highest BCUT2D eigenvalue weighted by Gasteiger charge is 2.23. The maximum absolute atomic E-state index is 13.1. The lowest BCUT2D eigenvalue weighted by molar-refractivity contribution is -0.133. The number of piperazine rings is 1. The Balaban J connectivity index is 1.26. The van der Waals surface area contributed by atoms with Crippen molar-refractivity contribution in [2.75, 3.05) is 33.3 Å². The van der Waals surface area contributed by atoms with Crippen molar-refractivity contribution in [3.05, 3.63) is 78.1 Å². The Morgan fingerprint density at radius 1 is 1.00 bits per heavy atom. The molecular formula is C27H29N5O2. The summed E-state index contributed by atoms with van der Waals surface area (Å²) in [4.78, 5) is 22.0. The van der Waals surface area contributed by atoms with Gasteiger partial charge in [-0.2, -0.15) is 5.10 Å². The first-order chi connectivity index (χ1) is 16.6. The Morgan fingerprint density at radius 3 is 2.56 bits per heavy atom. The van der Waals surface area contributed by atoms with Crippen molar-refractivity contribution in [2.24, 2.45) is 0 Å². The molecule has 174 valence electrons. The van der Waals surface area contributed by atoms with Gasteiger partial charge in [0.15, 0.2) is 5.65 Å². The van der Waals surface area contributed by atoms with Gasteiger partial charge in [0, 0.05) is 44.3 Å². The molecule has 2 aromatic carbocycles. The number of fused-ring (bicyclic) bond motifs is 1. The van der Waals surface area contributed by atoms with E-state index in [-0.39, 0.29) is 12.5 Å². The first-order valence-electron chi connectivity index (χ1n) is 11.6. The Bertz CT molecular complexity index is 1290. The molecule has 7 nitrogen and oxygen atoms in total. The SMILES string of the molecule is COc1cccc(CN2CCN(C(=O)Cn3nc(C)c4c(-c5ccccc5)ccnc43)CC2)c1. The van der Waals surface area contributed by atoms with E-state index in [4.69, 9.17) is 4.74 Å². The molecule has 1 saturated heterocycles. The quantitative estimate of drug-likeness (QED) is 0.443. The molecule has 0 N–H and O–H groups in total. The zero-order valence-corrected chi connectivity index (χ0v) is 19.6. The van der Waals surface area contributed by atoms with Crippen LogP contribution in [0.25, 0.3) is 22.2 Å². The number of aromatic nitrogens is 3. The minimum absolute atomic E-state index is 0.0809. The predicted octanol–water partition coefficient (Wildman–Crippen LogP) is 3.76. The second-order valence-electron chi connectivity index (χ2n) is 8.67. The number of ether oxygens (including phenoxy) is 1. The third-order valence-electron chi connectivity index (χ3n) is 6.44. The molecule has 4 aromatic rings.